The van der Waals surface area contributed by atoms with Crippen LogP contribution in [0, 0.1) is 0 Å². The van der Waals surface area contributed by atoms with Crippen LogP contribution in [0.1, 0.15) is 11.1 Å². The number of hydrogen-bond acceptors (Lipinski definition) is 4. The molecule has 1 atom stereocenters. The first-order valence-corrected chi connectivity index (χ1v) is 15.4. The van der Waals surface area contributed by atoms with Crippen LogP contribution >= 0.6 is 27.5 Å². The van der Waals surface area contributed by atoms with E-state index in [0.29, 0.717) is 10.7 Å². The zero-order valence-electron chi connectivity index (χ0n) is 22.3. The van der Waals surface area contributed by atoms with Crippen molar-refractivity contribution in [2.45, 2.75) is 23.9 Å². The van der Waals surface area contributed by atoms with E-state index < -0.39 is 28.5 Å². The fourth-order valence-electron chi connectivity index (χ4n) is 4.41. The van der Waals surface area contributed by atoms with Crippen molar-refractivity contribution in [3.05, 3.63) is 130 Å². The van der Waals surface area contributed by atoms with E-state index in [0.717, 1.165) is 19.9 Å². The maximum absolute atomic E-state index is 14.2. The second-order valence-corrected chi connectivity index (χ2v) is 12.5. The van der Waals surface area contributed by atoms with Crippen molar-refractivity contribution in [1.82, 2.24) is 10.2 Å². The molecule has 0 aromatic heterocycles. The molecule has 0 radical (unpaired) electrons. The molecule has 4 aromatic carbocycles. The van der Waals surface area contributed by atoms with E-state index in [1.54, 1.807) is 30.3 Å². The second-order valence-electron chi connectivity index (χ2n) is 9.27. The van der Waals surface area contributed by atoms with E-state index in [1.165, 1.54) is 36.2 Å². The van der Waals surface area contributed by atoms with Crippen molar-refractivity contribution < 1.29 is 18.0 Å². The Hall–Kier alpha value is -3.66. The van der Waals surface area contributed by atoms with Gasteiger partial charge in [-0.25, -0.2) is 8.42 Å². The van der Waals surface area contributed by atoms with Crippen molar-refractivity contribution >= 4 is 55.1 Å². The molecule has 0 aliphatic heterocycles. The minimum absolute atomic E-state index is 0.00997. The van der Waals surface area contributed by atoms with Crippen molar-refractivity contribution in [3.8, 4) is 0 Å². The third kappa shape index (κ3) is 7.75. The van der Waals surface area contributed by atoms with E-state index in [-0.39, 0.29) is 23.8 Å². The number of nitrogens with zero attached hydrogens (tertiary/aromatic N) is 2. The van der Waals surface area contributed by atoms with Crippen LogP contribution in [-0.2, 0) is 32.6 Å². The number of likely N-dealkylation sites (N-methyl/N-ethyl adjacent to an activating group) is 1. The molecule has 0 aliphatic rings. The largest absolute Gasteiger partial charge is 0.357 e. The van der Waals surface area contributed by atoms with Crippen LogP contribution in [-0.4, -0.2) is 44.8 Å². The number of halogens is 2. The highest BCUT2D eigenvalue weighted by atomic mass is 79.9. The lowest BCUT2D eigenvalue weighted by Crippen LogP contribution is -2.53. The molecule has 0 unspecified atom stereocenters. The van der Waals surface area contributed by atoms with Crippen LogP contribution in [0.15, 0.2) is 119 Å². The number of sulfonamides is 1. The Morgan fingerprint density at radius 1 is 0.854 bits per heavy atom. The molecule has 0 heterocycles. The maximum Gasteiger partial charge on any atom is 0.264 e. The van der Waals surface area contributed by atoms with E-state index >= 15 is 0 Å². The maximum atomic E-state index is 14.2. The molecule has 212 valence electrons. The molecule has 0 bridgehead atoms. The molecule has 0 aliphatic carbocycles. The van der Waals surface area contributed by atoms with Gasteiger partial charge in [0.15, 0.2) is 0 Å². The Kier molecular flexibility index (Phi) is 10.2. The summed E-state index contributed by atoms with van der Waals surface area (Å²) in [5.41, 5.74) is 1.96. The molecular formula is C31H29BrClN3O4S. The quantitative estimate of drug-likeness (QED) is 0.225. The lowest BCUT2D eigenvalue weighted by molar-refractivity contribution is -0.139. The zero-order chi connectivity index (χ0) is 29.4. The third-order valence-electron chi connectivity index (χ3n) is 6.48. The summed E-state index contributed by atoms with van der Waals surface area (Å²) in [5.74, 6) is -0.889. The van der Waals surface area contributed by atoms with Crippen molar-refractivity contribution in [2.24, 2.45) is 0 Å². The lowest BCUT2D eigenvalue weighted by atomic mass is 10.0. The first-order valence-electron chi connectivity index (χ1n) is 12.8. The number of nitrogens with one attached hydrogen (secondary N) is 1. The molecule has 1 N–H and O–H groups in total. The SMILES string of the molecule is CNC(=O)[C@@H](Cc1ccccc1)N(Cc1cccc(Br)c1)C(=O)CN(c1ccccc1)S(=O)(=O)c1ccc(Cl)cc1. The van der Waals surface area contributed by atoms with E-state index in [1.807, 2.05) is 54.6 Å². The number of carbonyl (C=O) groups is 2. The summed E-state index contributed by atoms with van der Waals surface area (Å²) in [5, 5.41) is 3.07. The molecule has 7 nitrogen and oxygen atoms in total. The second kappa shape index (κ2) is 13.8. The summed E-state index contributed by atoms with van der Waals surface area (Å²) in [7, 11) is -2.65. The molecule has 0 saturated heterocycles. The van der Waals surface area contributed by atoms with Gasteiger partial charge in [-0.2, -0.15) is 0 Å². The highest BCUT2D eigenvalue weighted by molar-refractivity contribution is 9.10. The standard InChI is InChI=1S/C31H29BrClN3O4S/c1-34-31(38)29(20-23-9-4-2-5-10-23)35(21-24-11-8-12-25(32)19-24)30(37)22-36(27-13-6-3-7-14-27)41(39,40)28-17-15-26(33)16-18-28/h2-19,29H,20-22H2,1H3,(H,34,38)/t29-/m1/s1. The van der Waals surface area contributed by atoms with E-state index in [2.05, 4.69) is 21.2 Å². The first kappa shape index (κ1) is 30.3. The summed E-state index contributed by atoms with van der Waals surface area (Å²) in [6.07, 6.45) is 0.246. The average molecular weight is 655 g/mol. The van der Waals surface area contributed by atoms with Crippen LogP contribution in [0.25, 0.3) is 0 Å². The van der Waals surface area contributed by atoms with Gasteiger partial charge in [0.1, 0.15) is 12.6 Å². The van der Waals surface area contributed by atoms with Crippen molar-refractivity contribution in [2.75, 3.05) is 17.9 Å². The van der Waals surface area contributed by atoms with E-state index in [9.17, 15) is 18.0 Å². The minimum atomic E-state index is -4.17. The summed E-state index contributed by atoms with van der Waals surface area (Å²) < 4.78 is 29.6. The Morgan fingerprint density at radius 2 is 1.46 bits per heavy atom. The zero-order valence-corrected chi connectivity index (χ0v) is 25.4. The summed E-state index contributed by atoms with van der Waals surface area (Å²) in [4.78, 5) is 28.9. The topological polar surface area (TPSA) is 86.8 Å². The number of anilines is 1. The Bertz CT molecular complexity index is 1590. The Labute approximate surface area is 253 Å². The molecule has 4 aromatic rings. The molecule has 0 spiro atoms. The number of benzene rings is 4. The predicted molar refractivity (Wildman–Crippen MR) is 165 cm³/mol. The van der Waals surface area contributed by atoms with E-state index in [4.69, 9.17) is 11.6 Å². The highest BCUT2D eigenvalue weighted by Crippen LogP contribution is 2.26. The fourth-order valence-corrected chi connectivity index (χ4v) is 6.40. The Morgan fingerprint density at radius 3 is 2.07 bits per heavy atom. The van der Waals surface area contributed by atoms with Gasteiger partial charge in [-0.15, -0.1) is 0 Å². The van der Waals surface area contributed by atoms with Gasteiger partial charge in [-0.1, -0.05) is 88.2 Å². The average Bonchev–Trinajstić information content (AvgIpc) is 2.98. The number of carbonyl (C=O) groups excluding carboxylic acids is 2. The summed E-state index contributed by atoms with van der Waals surface area (Å²) in [6.45, 7) is -0.432. The van der Waals surface area contributed by atoms with Crippen LogP contribution in [0.2, 0.25) is 5.02 Å². The number of rotatable bonds is 11. The van der Waals surface area contributed by atoms with Gasteiger partial charge >= 0.3 is 0 Å². The molecule has 2 amide bonds. The summed E-state index contributed by atoms with van der Waals surface area (Å²) in [6, 6.07) is 30.1. The number of hydrogen-bond donors (Lipinski definition) is 1. The van der Waals surface area contributed by atoms with Gasteiger partial charge in [-0.05, 0) is 59.7 Å². The van der Waals surface area contributed by atoms with Gasteiger partial charge < -0.3 is 10.2 Å². The predicted octanol–water partition coefficient (Wildman–Crippen LogP) is 5.68. The highest BCUT2D eigenvalue weighted by Gasteiger charge is 2.34. The monoisotopic (exact) mass is 653 g/mol. The number of para-hydroxylation sites is 1. The van der Waals surface area contributed by atoms with Crippen LogP contribution < -0.4 is 9.62 Å². The molecule has 10 heteroatoms. The van der Waals surface area contributed by atoms with Crippen LogP contribution in [0.5, 0.6) is 0 Å². The van der Waals surface area contributed by atoms with Crippen molar-refractivity contribution in [3.63, 3.8) is 0 Å². The number of amides is 2. The van der Waals surface area contributed by atoms with Crippen LogP contribution in [0.3, 0.4) is 0 Å². The molecule has 0 fully saturated rings. The van der Waals surface area contributed by atoms with Gasteiger partial charge in [0.2, 0.25) is 11.8 Å². The molecule has 41 heavy (non-hydrogen) atoms. The smallest absolute Gasteiger partial charge is 0.264 e. The molecule has 0 saturated carbocycles. The first-order chi connectivity index (χ1) is 19.7. The van der Waals surface area contributed by atoms with Gasteiger partial charge in [0, 0.05) is 29.5 Å². The normalized spacial score (nSPS) is 11.9. The fraction of sp³-hybridized carbons (Fsp3) is 0.161. The van der Waals surface area contributed by atoms with Gasteiger partial charge in [0.25, 0.3) is 10.0 Å². The molecule has 4 rings (SSSR count). The van der Waals surface area contributed by atoms with Crippen molar-refractivity contribution in [1.29, 1.82) is 0 Å². The van der Waals surface area contributed by atoms with Crippen LogP contribution in [0.4, 0.5) is 5.69 Å². The third-order valence-corrected chi connectivity index (χ3v) is 9.02. The summed E-state index contributed by atoms with van der Waals surface area (Å²) >= 11 is 9.48. The minimum Gasteiger partial charge on any atom is -0.357 e. The Balaban J connectivity index is 1.77. The lowest BCUT2D eigenvalue weighted by Gasteiger charge is -2.33. The van der Waals surface area contributed by atoms with Gasteiger partial charge in [-0.3, -0.25) is 13.9 Å². The molecular weight excluding hydrogens is 626 g/mol. The van der Waals surface area contributed by atoms with Gasteiger partial charge in [0.05, 0.1) is 10.6 Å².